The number of ether oxygens (including phenoxy) is 1. The number of carbonyl (C=O) groups is 1. The largest absolute Gasteiger partial charge is 0.422 e. The predicted octanol–water partition coefficient (Wildman–Crippen LogP) is 11.2. The van der Waals surface area contributed by atoms with Crippen LogP contribution in [0.1, 0.15) is 83.6 Å². The van der Waals surface area contributed by atoms with Gasteiger partial charge in [-0.1, -0.05) is 108 Å². The summed E-state index contributed by atoms with van der Waals surface area (Å²) >= 11 is 0. The third-order valence-electron chi connectivity index (χ3n) is 8.17. The molecule has 0 heterocycles. The normalized spacial score (nSPS) is 11.6. The summed E-state index contributed by atoms with van der Waals surface area (Å²) < 4.78 is 6.02. The smallest absolute Gasteiger partial charge is 0.338 e. The average Bonchev–Trinajstić information content (AvgIpc) is 2.95. The van der Waals surface area contributed by atoms with Gasteiger partial charge in [-0.05, 0) is 99.4 Å². The standard InChI is InChI=1S/C38H42O2/c1-4-5-6-7-8-9-10-11-12-13-16-28-19-20-31-23-34-24-32-21-29-17-14-15-18-30(29)22-33(32)25-35(34)26-36(31)37(28)40-38(39)27(2)3/h14-15,17-26H,2,4-13,16H2,1,3H3. The molecule has 0 saturated carbocycles. The van der Waals surface area contributed by atoms with Gasteiger partial charge in [-0.3, -0.25) is 0 Å². The molecule has 0 aromatic heterocycles. The molecule has 5 aromatic carbocycles. The van der Waals surface area contributed by atoms with E-state index in [1.54, 1.807) is 6.92 Å². The van der Waals surface area contributed by atoms with Gasteiger partial charge in [-0.15, -0.1) is 0 Å². The monoisotopic (exact) mass is 530 g/mol. The number of esters is 1. The minimum absolute atomic E-state index is 0.359. The van der Waals surface area contributed by atoms with E-state index in [9.17, 15) is 4.79 Å². The maximum Gasteiger partial charge on any atom is 0.338 e. The summed E-state index contributed by atoms with van der Waals surface area (Å²) in [5.74, 6) is 0.337. The number of benzene rings is 5. The summed E-state index contributed by atoms with van der Waals surface area (Å²) in [6, 6.07) is 26.3. The van der Waals surface area contributed by atoms with Crippen molar-refractivity contribution in [1.82, 2.24) is 0 Å². The molecule has 5 aromatic rings. The van der Waals surface area contributed by atoms with Gasteiger partial charge in [0.1, 0.15) is 5.75 Å². The molecular formula is C38H42O2. The van der Waals surface area contributed by atoms with Crippen LogP contribution in [0.2, 0.25) is 0 Å². The van der Waals surface area contributed by atoms with Gasteiger partial charge in [0, 0.05) is 11.0 Å². The highest BCUT2D eigenvalue weighted by atomic mass is 16.5. The lowest BCUT2D eigenvalue weighted by molar-refractivity contribution is -0.130. The molecular weight excluding hydrogens is 488 g/mol. The molecule has 0 saturated heterocycles. The van der Waals surface area contributed by atoms with Gasteiger partial charge in [0.05, 0.1) is 0 Å². The second-order valence-electron chi connectivity index (χ2n) is 11.5. The van der Waals surface area contributed by atoms with Crippen LogP contribution in [0, 0.1) is 0 Å². The Hall–Kier alpha value is -3.65. The minimum atomic E-state index is -0.359. The Bertz CT molecular complexity index is 1660. The Labute approximate surface area is 239 Å². The van der Waals surface area contributed by atoms with Crippen molar-refractivity contribution in [2.24, 2.45) is 0 Å². The Kier molecular flexibility index (Phi) is 9.16. The van der Waals surface area contributed by atoms with E-state index in [1.807, 2.05) is 0 Å². The fourth-order valence-corrected chi connectivity index (χ4v) is 5.84. The van der Waals surface area contributed by atoms with Gasteiger partial charge < -0.3 is 4.74 Å². The lowest BCUT2D eigenvalue weighted by Crippen LogP contribution is -2.10. The van der Waals surface area contributed by atoms with Crippen LogP contribution in [0.25, 0.3) is 43.1 Å². The van der Waals surface area contributed by atoms with E-state index in [-0.39, 0.29) is 5.97 Å². The number of rotatable bonds is 13. The Morgan fingerprint density at radius 1 is 0.625 bits per heavy atom. The van der Waals surface area contributed by atoms with E-state index < -0.39 is 0 Å². The number of carbonyl (C=O) groups excluding carboxylic acids is 1. The van der Waals surface area contributed by atoms with Crippen molar-refractivity contribution in [3.8, 4) is 5.75 Å². The van der Waals surface area contributed by atoms with Crippen molar-refractivity contribution in [3.63, 3.8) is 0 Å². The molecule has 0 N–H and O–H groups in total. The van der Waals surface area contributed by atoms with Crippen molar-refractivity contribution in [2.45, 2.75) is 84.5 Å². The van der Waals surface area contributed by atoms with Crippen molar-refractivity contribution >= 4 is 49.1 Å². The molecule has 2 nitrogen and oxygen atoms in total. The van der Waals surface area contributed by atoms with Crippen molar-refractivity contribution in [1.29, 1.82) is 0 Å². The highest BCUT2D eigenvalue weighted by Gasteiger charge is 2.15. The fraction of sp³-hybridized carbons (Fsp3) is 0.342. The lowest BCUT2D eigenvalue weighted by Gasteiger charge is -2.15. The number of hydrogen-bond donors (Lipinski definition) is 0. The zero-order valence-corrected chi connectivity index (χ0v) is 24.2. The average molecular weight is 531 g/mol. The van der Waals surface area contributed by atoms with Crippen molar-refractivity contribution in [2.75, 3.05) is 0 Å². The zero-order chi connectivity index (χ0) is 27.9. The molecule has 5 rings (SSSR count). The molecule has 0 aliphatic rings. The van der Waals surface area contributed by atoms with E-state index in [2.05, 4.69) is 86.3 Å². The van der Waals surface area contributed by atoms with E-state index in [0.717, 1.165) is 34.6 Å². The highest BCUT2D eigenvalue weighted by Crippen LogP contribution is 2.36. The number of unbranched alkanes of at least 4 members (excludes halogenated alkanes) is 9. The van der Waals surface area contributed by atoms with Crippen LogP contribution in [0.5, 0.6) is 5.75 Å². The Balaban J connectivity index is 1.39. The van der Waals surface area contributed by atoms with Gasteiger partial charge in [-0.25, -0.2) is 4.79 Å². The zero-order valence-electron chi connectivity index (χ0n) is 24.2. The predicted molar refractivity (Wildman–Crippen MR) is 172 cm³/mol. The van der Waals surface area contributed by atoms with Gasteiger partial charge in [0.15, 0.2) is 0 Å². The van der Waals surface area contributed by atoms with Crippen LogP contribution in [-0.4, -0.2) is 5.97 Å². The highest BCUT2D eigenvalue weighted by molar-refractivity contribution is 6.09. The molecule has 0 amide bonds. The number of aryl methyl sites for hydroxylation is 1. The third kappa shape index (κ3) is 6.55. The lowest BCUT2D eigenvalue weighted by atomic mass is 9.95. The van der Waals surface area contributed by atoms with Crippen LogP contribution >= 0.6 is 0 Å². The fourth-order valence-electron chi connectivity index (χ4n) is 5.84. The molecule has 40 heavy (non-hydrogen) atoms. The molecule has 0 aliphatic heterocycles. The van der Waals surface area contributed by atoms with Crippen molar-refractivity contribution < 1.29 is 9.53 Å². The first-order chi connectivity index (χ1) is 19.5. The summed E-state index contributed by atoms with van der Waals surface area (Å²) in [6.45, 7) is 7.80. The SMILES string of the molecule is C=C(C)C(=O)Oc1c(CCCCCCCCCCCC)ccc2cc3cc4cc5ccccc5cc4cc3cc12. The first-order valence-corrected chi connectivity index (χ1v) is 15.2. The summed E-state index contributed by atoms with van der Waals surface area (Å²) in [5.41, 5.74) is 1.52. The van der Waals surface area contributed by atoms with Gasteiger partial charge >= 0.3 is 5.97 Å². The van der Waals surface area contributed by atoms with Crippen LogP contribution in [-0.2, 0) is 11.2 Å². The second kappa shape index (κ2) is 13.1. The summed E-state index contributed by atoms with van der Waals surface area (Å²) in [5, 5.41) is 9.36. The van der Waals surface area contributed by atoms with E-state index in [4.69, 9.17) is 4.74 Å². The minimum Gasteiger partial charge on any atom is -0.422 e. The van der Waals surface area contributed by atoms with E-state index in [1.165, 1.54) is 84.7 Å². The maximum absolute atomic E-state index is 12.7. The first kappa shape index (κ1) is 27.9. The summed E-state index contributed by atoms with van der Waals surface area (Å²) in [4.78, 5) is 12.7. The van der Waals surface area contributed by atoms with E-state index in [0.29, 0.717) is 11.3 Å². The molecule has 0 atom stereocenters. The summed E-state index contributed by atoms with van der Waals surface area (Å²) in [6.07, 6.45) is 14.0. The molecule has 0 aliphatic carbocycles. The molecule has 0 bridgehead atoms. The molecule has 2 heteroatoms. The molecule has 0 radical (unpaired) electrons. The maximum atomic E-state index is 12.7. The number of hydrogen-bond acceptors (Lipinski definition) is 2. The van der Waals surface area contributed by atoms with Crippen LogP contribution in [0.4, 0.5) is 0 Å². The first-order valence-electron chi connectivity index (χ1n) is 15.2. The molecule has 0 spiro atoms. The van der Waals surface area contributed by atoms with Crippen molar-refractivity contribution in [3.05, 3.63) is 90.5 Å². The van der Waals surface area contributed by atoms with Gasteiger partial charge in [-0.2, -0.15) is 0 Å². The van der Waals surface area contributed by atoms with Crippen LogP contribution in [0.15, 0.2) is 84.9 Å². The quantitative estimate of drug-likeness (QED) is 0.0497. The van der Waals surface area contributed by atoms with E-state index >= 15 is 0 Å². The second-order valence-corrected chi connectivity index (χ2v) is 11.5. The topological polar surface area (TPSA) is 26.3 Å². The van der Waals surface area contributed by atoms with Gasteiger partial charge in [0.2, 0.25) is 0 Å². The molecule has 206 valence electrons. The number of fused-ring (bicyclic) bond motifs is 4. The molecule has 0 fully saturated rings. The Morgan fingerprint density at radius 2 is 1.12 bits per heavy atom. The van der Waals surface area contributed by atoms with Crippen LogP contribution in [0.3, 0.4) is 0 Å². The molecule has 0 unspecified atom stereocenters. The third-order valence-corrected chi connectivity index (χ3v) is 8.17. The van der Waals surface area contributed by atoms with Gasteiger partial charge in [0.25, 0.3) is 0 Å². The summed E-state index contributed by atoms with van der Waals surface area (Å²) in [7, 11) is 0. The Morgan fingerprint density at radius 3 is 1.70 bits per heavy atom. The van der Waals surface area contributed by atoms with Crippen LogP contribution < -0.4 is 4.74 Å².